The predicted octanol–water partition coefficient (Wildman–Crippen LogP) is 2.18. The summed E-state index contributed by atoms with van der Waals surface area (Å²) in [6.07, 6.45) is 9.69. The number of nitrogens with one attached hydrogen (secondary N) is 1. The van der Waals surface area contributed by atoms with Gasteiger partial charge in [0.2, 0.25) is 0 Å². The molecule has 0 fully saturated rings. The molecule has 1 atom stereocenters. The summed E-state index contributed by atoms with van der Waals surface area (Å²) in [5.41, 5.74) is 0. The molecular formula is C10H19N3. The van der Waals surface area contributed by atoms with Gasteiger partial charge in [-0.3, -0.25) is 5.32 Å². The van der Waals surface area contributed by atoms with E-state index in [4.69, 9.17) is 0 Å². The Hall–Kier alpha value is -0.830. The lowest BCUT2D eigenvalue weighted by atomic mass is 10.3. The van der Waals surface area contributed by atoms with Crippen molar-refractivity contribution >= 4 is 0 Å². The Labute approximate surface area is 80.2 Å². The van der Waals surface area contributed by atoms with E-state index in [0.29, 0.717) is 6.17 Å². The molecule has 0 aromatic carbocycles. The molecule has 0 saturated carbocycles. The average Bonchev–Trinajstić information content (AvgIpc) is 2.65. The highest BCUT2D eigenvalue weighted by Gasteiger charge is 2.04. The van der Waals surface area contributed by atoms with Gasteiger partial charge in [-0.15, -0.1) is 0 Å². The summed E-state index contributed by atoms with van der Waals surface area (Å²) >= 11 is 0. The van der Waals surface area contributed by atoms with Crippen molar-refractivity contribution < 1.29 is 0 Å². The van der Waals surface area contributed by atoms with Gasteiger partial charge < -0.3 is 4.57 Å². The first kappa shape index (κ1) is 10.3. The van der Waals surface area contributed by atoms with Crippen LogP contribution < -0.4 is 5.32 Å². The van der Waals surface area contributed by atoms with Crippen LogP contribution in [0.4, 0.5) is 0 Å². The molecule has 1 aromatic heterocycles. The highest BCUT2D eigenvalue weighted by molar-refractivity contribution is 4.78. The van der Waals surface area contributed by atoms with Crippen LogP contribution in [0.15, 0.2) is 18.7 Å². The van der Waals surface area contributed by atoms with Gasteiger partial charge in [0, 0.05) is 12.4 Å². The van der Waals surface area contributed by atoms with Crippen LogP contribution in [0, 0.1) is 0 Å². The van der Waals surface area contributed by atoms with Crippen molar-refractivity contribution in [2.45, 2.75) is 39.3 Å². The van der Waals surface area contributed by atoms with Crippen molar-refractivity contribution in [3.63, 3.8) is 0 Å². The normalized spacial score (nSPS) is 13.1. The van der Waals surface area contributed by atoms with Crippen LogP contribution in [0.3, 0.4) is 0 Å². The monoisotopic (exact) mass is 181 g/mol. The van der Waals surface area contributed by atoms with Gasteiger partial charge in [0.25, 0.3) is 0 Å². The van der Waals surface area contributed by atoms with Crippen LogP contribution in [0.25, 0.3) is 0 Å². The Morgan fingerprint density at radius 3 is 2.85 bits per heavy atom. The minimum absolute atomic E-state index is 0.411. The average molecular weight is 181 g/mol. The third kappa shape index (κ3) is 3.19. The van der Waals surface area contributed by atoms with E-state index in [2.05, 4.69) is 28.7 Å². The Morgan fingerprint density at radius 1 is 1.46 bits per heavy atom. The molecule has 3 nitrogen and oxygen atoms in total. The second kappa shape index (κ2) is 5.75. The minimum atomic E-state index is 0.411. The lowest BCUT2D eigenvalue weighted by Crippen LogP contribution is -2.26. The quantitative estimate of drug-likeness (QED) is 0.682. The fourth-order valence-electron chi connectivity index (χ4n) is 1.36. The summed E-state index contributed by atoms with van der Waals surface area (Å²) in [6.45, 7) is 5.48. The molecule has 0 spiro atoms. The molecule has 1 rings (SSSR count). The van der Waals surface area contributed by atoms with E-state index in [-0.39, 0.29) is 0 Å². The van der Waals surface area contributed by atoms with Crippen LogP contribution in [-0.4, -0.2) is 16.1 Å². The molecule has 0 amide bonds. The third-order valence-electron chi connectivity index (χ3n) is 2.18. The van der Waals surface area contributed by atoms with E-state index in [0.717, 1.165) is 13.0 Å². The number of rotatable bonds is 6. The summed E-state index contributed by atoms with van der Waals surface area (Å²) in [5.74, 6) is 0. The maximum atomic E-state index is 4.04. The summed E-state index contributed by atoms with van der Waals surface area (Å²) in [5, 5.41) is 3.50. The molecule has 74 valence electrons. The number of hydrogen-bond acceptors (Lipinski definition) is 2. The first-order valence-electron chi connectivity index (χ1n) is 5.09. The zero-order chi connectivity index (χ0) is 9.52. The topological polar surface area (TPSA) is 29.9 Å². The molecule has 3 heteroatoms. The van der Waals surface area contributed by atoms with Crippen LogP contribution in [0.1, 0.15) is 39.3 Å². The molecule has 0 aliphatic carbocycles. The van der Waals surface area contributed by atoms with E-state index in [1.807, 2.05) is 18.7 Å². The highest BCUT2D eigenvalue weighted by atomic mass is 15.2. The van der Waals surface area contributed by atoms with Crippen molar-refractivity contribution in [3.05, 3.63) is 18.7 Å². The molecule has 1 N–H and O–H groups in total. The fourth-order valence-corrected chi connectivity index (χ4v) is 1.36. The van der Waals surface area contributed by atoms with E-state index < -0.39 is 0 Å². The first-order chi connectivity index (χ1) is 6.38. The molecule has 0 aliphatic rings. The third-order valence-corrected chi connectivity index (χ3v) is 2.18. The minimum Gasteiger partial charge on any atom is -0.321 e. The Morgan fingerprint density at radius 2 is 2.31 bits per heavy atom. The molecule has 1 heterocycles. The summed E-state index contributed by atoms with van der Waals surface area (Å²) in [7, 11) is 0. The standard InChI is InChI=1S/C10H19N3/c1-3-5-6-12-10(4-2)13-8-7-11-9-13/h7-10,12H,3-6H2,1-2H3. The molecular weight excluding hydrogens is 162 g/mol. The van der Waals surface area contributed by atoms with Crippen molar-refractivity contribution in [2.24, 2.45) is 0 Å². The largest absolute Gasteiger partial charge is 0.321 e. The van der Waals surface area contributed by atoms with E-state index in [1.54, 1.807) is 0 Å². The van der Waals surface area contributed by atoms with E-state index in [1.165, 1.54) is 12.8 Å². The molecule has 1 aromatic rings. The Bertz CT molecular complexity index is 206. The first-order valence-corrected chi connectivity index (χ1v) is 5.09. The maximum Gasteiger partial charge on any atom is 0.0959 e. The van der Waals surface area contributed by atoms with Crippen LogP contribution in [0.2, 0.25) is 0 Å². The van der Waals surface area contributed by atoms with Gasteiger partial charge in [0.05, 0.1) is 12.5 Å². The smallest absolute Gasteiger partial charge is 0.0959 e. The number of aromatic nitrogens is 2. The van der Waals surface area contributed by atoms with E-state index >= 15 is 0 Å². The summed E-state index contributed by atoms with van der Waals surface area (Å²) in [4.78, 5) is 4.04. The van der Waals surface area contributed by atoms with Gasteiger partial charge in [-0.2, -0.15) is 0 Å². The number of unbranched alkanes of at least 4 members (excludes halogenated alkanes) is 1. The second-order valence-corrected chi connectivity index (χ2v) is 3.24. The highest BCUT2D eigenvalue weighted by Crippen LogP contribution is 2.05. The Kier molecular flexibility index (Phi) is 4.54. The number of hydrogen-bond donors (Lipinski definition) is 1. The predicted molar refractivity (Wildman–Crippen MR) is 54.5 cm³/mol. The zero-order valence-corrected chi connectivity index (χ0v) is 8.53. The molecule has 0 saturated heterocycles. The SMILES string of the molecule is CCCCNC(CC)n1ccnc1. The summed E-state index contributed by atoms with van der Waals surface area (Å²) in [6, 6.07) is 0. The van der Waals surface area contributed by atoms with Crippen molar-refractivity contribution in [2.75, 3.05) is 6.54 Å². The molecule has 1 unspecified atom stereocenters. The van der Waals surface area contributed by atoms with Gasteiger partial charge in [0.1, 0.15) is 0 Å². The van der Waals surface area contributed by atoms with Gasteiger partial charge >= 0.3 is 0 Å². The van der Waals surface area contributed by atoms with Crippen molar-refractivity contribution in [3.8, 4) is 0 Å². The van der Waals surface area contributed by atoms with Gasteiger partial charge in [-0.05, 0) is 19.4 Å². The summed E-state index contributed by atoms with van der Waals surface area (Å²) < 4.78 is 2.12. The van der Waals surface area contributed by atoms with Gasteiger partial charge in [-0.1, -0.05) is 20.3 Å². The van der Waals surface area contributed by atoms with Crippen LogP contribution in [0.5, 0.6) is 0 Å². The lowest BCUT2D eigenvalue weighted by molar-refractivity contribution is 0.388. The van der Waals surface area contributed by atoms with Crippen LogP contribution in [-0.2, 0) is 0 Å². The number of nitrogens with zero attached hydrogens (tertiary/aromatic N) is 2. The Balaban J connectivity index is 2.35. The molecule has 13 heavy (non-hydrogen) atoms. The molecule has 0 aliphatic heterocycles. The maximum absolute atomic E-state index is 4.04. The zero-order valence-electron chi connectivity index (χ0n) is 8.53. The number of imidazole rings is 1. The molecule has 0 bridgehead atoms. The van der Waals surface area contributed by atoms with Crippen molar-refractivity contribution in [1.82, 2.24) is 14.9 Å². The second-order valence-electron chi connectivity index (χ2n) is 3.24. The van der Waals surface area contributed by atoms with E-state index in [9.17, 15) is 0 Å². The van der Waals surface area contributed by atoms with Crippen LogP contribution >= 0.6 is 0 Å². The lowest BCUT2D eigenvalue weighted by Gasteiger charge is -2.17. The van der Waals surface area contributed by atoms with Crippen molar-refractivity contribution in [1.29, 1.82) is 0 Å². The fraction of sp³-hybridized carbons (Fsp3) is 0.700. The van der Waals surface area contributed by atoms with Gasteiger partial charge in [0.15, 0.2) is 0 Å². The molecule has 0 radical (unpaired) electrons. The van der Waals surface area contributed by atoms with Gasteiger partial charge in [-0.25, -0.2) is 4.98 Å².